The Hall–Kier alpha value is -3.21. The summed E-state index contributed by atoms with van der Waals surface area (Å²) in [6.45, 7) is 7.66. The number of nitrogens with one attached hydrogen (secondary N) is 3. The highest BCUT2D eigenvalue weighted by Crippen LogP contribution is 2.40. The molecule has 10 heteroatoms. The zero-order valence-corrected chi connectivity index (χ0v) is 25.4. The van der Waals surface area contributed by atoms with Crippen LogP contribution in [0.3, 0.4) is 0 Å². The number of carbonyl (C=O) groups excluding carboxylic acids is 3. The maximum atomic E-state index is 13.2. The van der Waals surface area contributed by atoms with Gasteiger partial charge in [0, 0.05) is 26.7 Å². The molecule has 2 atom stereocenters. The average Bonchev–Trinajstić information content (AvgIpc) is 3.26. The lowest BCUT2D eigenvalue weighted by Gasteiger charge is -2.18. The van der Waals surface area contributed by atoms with E-state index in [1.54, 1.807) is 31.2 Å². The van der Waals surface area contributed by atoms with E-state index in [-0.39, 0.29) is 24.3 Å². The Labute approximate surface area is 248 Å². The summed E-state index contributed by atoms with van der Waals surface area (Å²) in [6.07, 6.45) is 2.75. The number of esters is 1. The van der Waals surface area contributed by atoms with Crippen LogP contribution in [0.5, 0.6) is 0 Å². The number of hydrogen-bond donors (Lipinski definition) is 3. The van der Waals surface area contributed by atoms with Gasteiger partial charge < -0.3 is 20.7 Å². The molecule has 0 spiro atoms. The number of benzene rings is 2. The van der Waals surface area contributed by atoms with Gasteiger partial charge in [-0.15, -0.1) is 23.1 Å². The van der Waals surface area contributed by atoms with E-state index in [0.717, 1.165) is 46.0 Å². The number of anilines is 3. The van der Waals surface area contributed by atoms with E-state index in [0.29, 0.717) is 27.2 Å². The largest absolute Gasteiger partial charge is 0.462 e. The van der Waals surface area contributed by atoms with Gasteiger partial charge in [-0.25, -0.2) is 4.79 Å². The molecule has 1 aliphatic carbocycles. The normalized spacial score (nSPS) is 14.9. The van der Waals surface area contributed by atoms with Gasteiger partial charge in [0.25, 0.3) is 0 Å². The molecule has 4 rings (SSSR count). The Kier molecular flexibility index (Phi) is 9.99. The summed E-state index contributed by atoms with van der Waals surface area (Å²) in [5, 5.41) is 9.87. The molecule has 40 heavy (non-hydrogen) atoms. The second kappa shape index (κ2) is 13.4. The number of ether oxygens (including phenoxy) is 1. The van der Waals surface area contributed by atoms with Crippen LogP contribution in [0, 0.1) is 5.92 Å². The zero-order chi connectivity index (χ0) is 28.8. The molecule has 2 aromatic carbocycles. The highest BCUT2D eigenvalue weighted by molar-refractivity contribution is 8.00. The summed E-state index contributed by atoms with van der Waals surface area (Å²) in [7, 11) is 0. The first-order valence-corrected chi connectivity index (χ1v) is 15.3. The average molecular weight is 596 g/mol. The number of carbonyl (C=O) groups is 3. The molecule has 0 fully saturated rings. The molecule has 3 aromatic rings. The highest BCUT2D eigenvalue weighted by atomic mass is 32.2. The maximum absolute atomic E-state index is 13.2. The third kappa shape index (κ3) is 7.50. The smallest absolute Gasteiger partial charge is 0.341 e. The number of thiophene rings is 1. The monoisotopic (exact) mass is 595 g/mol. The van der Waals surface area contributed by atoms with E-state index in [1.165, 1.54) is 30.0 Å². The Morgan fingerprint density at radius 1 is 1.10 bits per heavy atom. The first kappa shape index (κ1) is 29.8. The molecule has 1 heterocycles. The first-order chi connectivity index (χ1) is 19.1. The lowest BCUT2D eigenvalue weighted by atomic mass is 9.88. The maximum Gasteiger partial charge on any atom is 0.341 e. The quantitative estimate of drug-likeness (QED) is 0.104. The number of amides is 1. The highest BCUT2D eigenvalue weighted by Gasteiger charge is 2.30. The number of thioether (sulfide) groups is 1. The lowest BCUT2D eigenvalue weighted by molar-refractivity contribution is -0.115. The number of thiocarbonyl (C=S) groups is 1. The molecule has 3 N–H and O–H groups in total. The molecule has 0 aliphatic heterocycles. The minimum Gasteiger partial charge on any atom is -0.462 e. The van der Waals surface area contributed by atoms with Gasteiger partial charge in [-0.2, -0.15) is 0 Å². The summed E-state index contributed by atoms with van der Waals surface area (Å²) in [5.41, 5.74) is 3.72. The van der Waals surface area contributed by atoms with Crippen molar-refractivity contribution in [3.05, 3.63) is 70.1 Å². The van der Waals surface area contributed by atoms with Crippen molar-refractivity contribution in [2.75, 3.05) is 22.6 Å². The number of rotatable bonds is 9. The van der Waals surface area contributed by atoms with Crippen LogP contribution in [0.25, 0.3) is 0 Å². The minimum absolute atomic E-state index is 0.00746. The van der Waals surface area contributed by atoms with Crippen molar-refractivity contribution in [3.8, 4) is 0 Å². The number of ketones is 1. The van der Waals surface area contributed by atoms with Crippen LogP contribution in [0.4, 0.5) is 16.4 Å². The van der Waals surface area contributed by atoms with E-state index < -0.39 is 5.25 Å². The van der Waals surface area contributed by atoms with Crippen LogP contribution < -0.4 is 16.0 Å². The molecule has 0 bridgehead atoms. The molecular formula is C30H33N3O4S3. The van der Waals surface area contributed by atoms with Crippen molar-refractivity contribution in [1.82, 2.24) is 0 Å². The van der Waals surface area contributed by atoms with Gasteiger partial charge in [0.05, 0.1) is 17.4 Å². The summed E-state index contributed by atoms with van der Waals surface area (Å²) in [5.74, 6) is 0.0126. The molecule has 0 saturated carbocycles. The fraction of sp³-hybridized carbons (Fsp3) is 0.333. The fourth-order valence-electron chi connectivity index (χ4n) is 4.46. The van der Waals surface area contributed by atoms with Crippen molar-refractivity contribution < 1.29 is 19.1 Å². The molecule has 2 unspecified atom stereocenters. The van der Waals surface area contributed by atoms with E-state index >= 15 is 0 Å². The number of hydrogen-bond acceptors (Lipinski definition) is 7. The second-order valence-corrected chi connectivity index (χ2v) is 12.7. The summed E-state index contributed by atoms with van der Waals surface area (Å²) in [4.78, 5) is 39.5. The predicted octanol–water partition coefficient (Wildman–Crippen LogP) is 7.18. The van der Waals surface area contributed by atoms with Gasteiger partial charge in [-0.3, -0.25) is 9.59 Å². The van der Waals surface area contributed by atoms with Gasteiger partial charge in [-0.1, -0.05) is 13.0 Å². The molecule has 0 radical (unpaired) electrons. The van der Waals surface area contributed by atoms with Crippen LogP contribution in [-0.2, 0) is 22.4 Å². The third-order valence-electron chi connectivity index (χ3n) is 6.55. The number of Topliss-reactive ketones (excluding diaryl/α,β-unsaturated/α-hetero) is 1. The Balaban J connectivity index is 1.39. The van der Waals surface area contributed by atoms with E-state index in [4.69, 9.17) is 17.0 Å². The van der Waals surface area contributed by atoms with Gasteiger partial charge in [0.15, 0.2) is 10.9 Å². The van der Waals surface area contributed by atoms with Crippen molar-refractivity contribution in [1.29, 1.82) is 0 Å². The lowest BCUT2D eigenvalue weighted by Crippen LogP contribution is -2.23. The topological polar surface area (TPSA) is 96.5 Å². The van der Waals surface area contributed by atoms with Crippen LogP contribution in [0.1, 0.15) is 65.3 Å². The van der Waals surface area contributed by atoms with Gasteiger partial charge >= 0.3 is 5.97 Å². The van der Waals surface area contributed by atoms with Crippen LogP contribution in [0.2, 0.25) is 0 Å². The molecule has 7 nitrogen and oxygen atoms in total. The molecule has 1 aliphatic rings. The third-order valence-corrected chi connectivity index (χ3v) is 9.02. The molecule has 1 aromatic heterocycles. The summed E-state index contributed by atoms with van der Waals surface area (Å²) in [6, 6.07) is 14.8. The summed E-state index contributed by atoms with van der Waals surface area (Å²) >= 11 is 8.36. The van der Waals surface area contributed by atoms with Crippen molar-refractivity contribution in [2.45, 2.75) is 57.1 Å². The first-order valence-electron chi connectivity index (χ1n) is 13.2. The van der Waals surface area contributed by atoms with Crippen molar-refractivity contribution >= 4 is 74.5 Å². The molecular weight excluding hydrogens is 563 g/mol. The fourth-order valence-corrected chi connectivity index (χ4v) is 7.02. The van der Waals surface area contributed by atoms with E-state index in [1.807, 2.05) is 31.2 Å². The Morgan fingerprint density at radius 2 is 1.82 bits per heavy atom. The van der Waals surface area contributed by atoms with Gasteiger partial charge in [-0.05, 0) is 106 Å². The second-order valence-electron chi connectivity index (χ2n) is 9.77. The molecule has 0 saturated heterocycles. The van der Waals surface area contributed by atoms with E-state index in [9.17, 15) is 14.4 Å². The van der Waals surface area contributed by atoms with Gasteiger partial charge in [0.1, 0.15) is 5.00 Å². The van der Waals surface area contributed by atoms with E-state index in [2.05, 4.69) is 22.9 Å². The Morgan fingerprint density at radius 3 is 2.52 bits per heavy atom. The zero-order valence-electron chi connectivity index (χ0n) is 23.0. The SMILES string of the molecule is CCOC(=O)c1c(NC(=O)C(C)Sc2cccc(NC(=S)Nc3ccc(C(C)=O)cc3)c2)sc2c1CCC(C)C2. The van der Waals surface area contributed by atoms with Crippen LogP contribution in [-0.4, -0.2) is 34.6 Å². The standard InChI is InChI=1S/C30H33N3O4S3/c1-5-37-29(36)26-24-14-9-17(2)15-25(24)40-28(26)33-27(35)19(4)39-23-8-6-7-22(16-23)32-30(38)31-21-12-10-20(11-13-21)18(3)34/h6-8,10-13,16-17,19H,5,9,14-15H2,1-4H3,(H,33,35)(H2,31,32,38). The van der Waals surface area contributed by atoms with Crippen LogP contribution >= 0.6 is 35.3 Å². The van der Waals surface area contributed by atoms with Crippen molar-refractivity contribution in [2.24, 2.45) is 5.92 Å². The minimum atomic E-state index is -0.409. The predicted molar refractivity (Wildman–Crippen MR) is 168 cm³/mol. The Bertz CT molecular complexity index is 1420. The van der Waals surface area contributed by atoms with Crippen LogP contribution in [0.15, 0.2) is 53.4 Å². The van der Waals surface area contributed by atoms with Crippen molar-refractivity contribution in [3.63, 3.8) is 0 Å². The molecule has 210 valence electrons. The molecule has 1 amide bonds. The number of fused-ring (bicyclic) bond motifs is 1. The van der Waals surface area contributed by atoms with Gasteiger partial charge in [0.2, 0.25) is 5.91 Å². The summed E-state index contributed by atoms with van der Waals surface area (Å²) < 4.78 is 5.33.